The first-order valence-corrected chi connectivity index (χ1v) is 7.44. The Morgan fingerprint density at radius 2 is 1.68 bits per heavy atom. The summed E-state index contributed by atoms with van der Waals surface area (Å²) in [5.41, 5.74) is 1.84. The highest BCUT2D eigenvalue weighted by atomic mass is 16.5. The molecule has 4 nitrogen and oxygen atoms in total. The smallest absolute Gasteiger partial charge is 0.240 e. The van der Waals surface area contributed by atoms with Crippen LogP contribution >= 0.6 is 0 Å². The van der Waals surface area contributed by atoms with Crippen LogP contribution in [0.1, 0.15) is 24.0 Å². The van der Waals surface area contributed by atoms with E-state index < -0.39 is 0 Å². The van der Waals surface area contributed by atoms with Crippen LogP contribution in [0.3, 0.4) is 0 Å². The monoisotopic (exact) mass is 292 g/mol. The molecule has 22 heavy (non-hydrogen) atoms. The third-order valence-electron chi connectivity index (χ3n) is 4.25. The van der Waals surface area contributed by atoms with E-state index in [1.54, 1.807) is 4.90 Å². The van der Waals surface area contributed by atoms with Gasteiger partial charge in [0.15, 0.2) is 0 Å². The van der Waals surface area contributed by atoms with Crippen molar-refractivity contribution in [2.45, 2.75) is 12.8 Å². The quantitative estimate of drug-likeness (QED) is 0.810. The Labute approximate surface area is 129 Å². The molecule has 110 valence electrons. The van der Waals surface area contributed by atoms with Gasteiger partial charge in [-0.05, 0) is 19.1 Å². The molecule has 2 aromatic rings. The second kappa shape index (κ2) is 4.98. The minimum atomic E-state index is -0.329. The van der Waals surface area contributed by atoms with Gasteiger partial charge >= 0.3 is 0 Å². The van der Waals surface area contributed by atoms with Gasteiger partial charge in [0.2, 0.25) is 5.91 Å². The number of carbonyl (C=O) groups is 1. The zero-order valence-corrected chi connectivity index (χ0v) is 12.3. The molecule has 2 aliphatic rings. The van der Waals surface area contributed by atoms with Crippen LogP contribution in [-0.4, -0.2) is 29.7 Å². The van der Waals surface area contributed by atoms with Gasteiger partial charge in [0, 0.05) is 17.7 Å². The van der Waals surface area contributed by atoms with Crippen molar-refractivity contribution >= 4 is 11.7 Å². The number of carbonyl (C=O) groups excluding carboxylic acids is 1. The first kappa shape index (κ1) is 13.1. The van der Waals surface area contributed by atoms with E-state index >= 15 is 0 Å². The molecule has 2 aliphatic heterocycles. The highest BCUT2D eigenvalue weighted by molar-refractivity contribution is 6.03. The zero-order chi connectivity index (χ0) is 15.1. The summed E-state index contributed by atoms with van der Waals surface area (Å²) in [6.07, 6.45) is 0. The Bertz CT molecular complexity index is 737. The Morgan fingerprint density at radius 3 is 2.23 bits per heavy atom. The van der Waals surface area contributed by atoms with Gasteiger partial charge in [0.05, 0.1) is 12.5 Å². The molecule has 0 atom stereocenters. The number of hydrogen-bond donors (Lipinski definition) is 0. The lowest BCUT2D eigenvalue weighted by Gasteiger charge is -2.30. The maximum atomic E-state index is 13.1. The van der Waals surface area contributed by atoms with Gasteiger partial charge in [0.25, 0.3) is 0 Å². The zero-order valence-electron chi connectivity index (χ0n) is 12.3. The summed E-state index contributed by atoms with van der Waals surface area (Å²) in [5, 5.41) is 0. The van der Waals surface area contributed by atoms with Gasteiger partial charge in [0.1, 0.15) is 17.3 Å². The number of rotatable bonds is 1. The molecule has 0 saturated carbocycles. The molecule has 1 amide bonds. The van der Waals surface area contributed by atoms with E-state index in [2.05, 4.69) is 4.99 Å². The van der Waals surface area contributed by atoms with Crippen LogP contribution in [0.2, 0.25) is 0 Å². The summed E-state index contributed by atoms with van der Waals surface area (Å²) in [4.78, 5) is 19.2. The largest absolute Gasteiger partial charge is 0.457 e. The summed E-state index contributed by atoms with van der Waals surface area (Å²) >= 11 is 0. The molecule has 0 N–H and O–H groups in total. The van der Waals surface area contributed by atoms with Crippen molar-refractivity contribution in [3.63, 3.8) is 0 Å². The SMILES string of the molecule is CC1=NCCN1C(=O)C1c2ccccc2Oc2ccccc21. The highest BCUT2D eigenvalue weighted by Gasteiger charge is 2.36. The van der Waals surface area contributed by atoms with E-state index in [9.17, 15) is 4.79 Å². The third kappa shape index (κ3) is 1.91. The molecule has 0 radical (unpaired) electrons. The van der Waals surface area contributed by atoms with Gasteiger partial charge in [-0.15, -0.1) is 0 Å². The molecule has 0 saturated heterocycles. The fourth-order valence-corrected chi connectivity index (χ4v) is 3.16. The van der Waals surface area contributed by atoms with Gasteiger partial charge in [-0.1, -0.05) is 36.4 Å². The van der Waals surface area contributed by atoms with E-state index in [0.29, 0.717) is 13.1 Å². The summed E-state index contributed by atoms with van der Waals surface area (Å²) in [6.45, 7) is 3.23. The van der Waals surface area contributed by atoms with Crippen LogP contribution in [0.5, 0.6) is 11.5 Å². The number of ether oxygens (including phenoxy) is 1. The van der Waals surface area contributed by atoms with Crippen molar-refractivity contribution in [2.75, 3.05) is 13.1 Å². The minimum absolute atomic E-state index is 0.0713. The number of benzene rings is 2. The molecule has 0 aromatic heterocycles. The number of amidine groups is 1. The van der Waals surface area contributed by atoms with Crippen LogP contribution in [0.4, 0.5) is 0 Å². The van der Waals surface area contributed by atoms with Crippen LogP contribution in [-0.2, 0) is 4.79 Å². The summed E-state index contributed by atoms with van der Waals surface area (Å²) < 4.78 is 5.95. The topological polar surface area (TPSA) is 41.9 Å². The molecule has 0 aliphatic carbocycles. The van der Waals surface area contributed by atoms with Gasteiger partial charge in [-0.2, -0.15) is 0 Å². The number of amides is 1. The average molecular weight is 292 g/mol. The van der Waals surface area contributed by atoms with Crippen molar-refractivity contribution in [2.24, 2.45) is 4.99 Å². The van der Waals surface area contributed by atoms with Crippen molar-refractivity contribution in [3.8, 4) is 11.5 Å². The van der Waals surface area contributed by atoms with E-state index in [1.807, 2.05) is 55.5 Å². The minimum Gasteiger partial charge on any atom is -0.457 e. The van der Waals surface area contributed by atoms with E-state index in [4.69, 9.17) is 4.74 Å². The van der Waals surface area contributed by atoms with Crippen molar-refractivity contribution in [1.29, 1.82) is 0 Å². The number of para-hydroxylation sites is 2. The second-order valence-electron chi connectivity index (χ2n) is 5.53. The van der Waals surface area contributed by atoms with Gasteiger partial charge < -0.3 is 4.74 Å². The average Bonchev–Trinajstić information content (AvgIpc) is 2.98. The third-order valence-corrected chi connectivity index (χ3v) is 4.25. The molecule has 0 unspecified atom stereocenters. The molecule has 4 rings (SSSR count). The maximum absolute atomic E-state index is 13.1. The normalized spacial score (nSPS) is 16.6. The number of hydrogen-bond acceptors (Lipinski definition) is 3. The fraction of sp³-hybridized carbons (Fsp3) is 0.222. The number of nitrogens with zero attached hydrogens (tertiary/aromatic N) is 2. The maximum Gasteiger partial charge on any atom is 0.240 e. The molecular formula is C18H16N2O2. The first-order chi connectivity index (χ1) is 10.8. The van der Waals surface area contributed by atoms with E-state index in [1.165, 1.54) is 0 Å². The molecular weight excluding hydrogens is 276 g/mol. The molecule has 2 aromatic carbocycles. The van der Waals surface area contributed by atoms with E-state index in [-0.39, 0.29) is 11.8 Å². The number of aliphatic imine (C=N–C) groups is 1. The highest BCUT2D eigenvalue weighted by Crippen LogP contribution is 2.44. The van der Waals surface area contributed by atoms with E-state index in [0.717, 1.165) is 28.5 Å². The Kier molecular flexibility index (Phi) is 2.96. The van der Waals surface area contributed by atoms with Crippen molar-refractivity contribution in [1.82, 2.24) is 4.90 Å². The first-order valence-electron chi connectivity index (χ1n) is 7.44. The fourth-order valence-electron chi connectivity index (χ4n) is 3.16. The predicted molar refractivity (Wildman–Crippen MR) is 84.5 cm³/mol. The number of fused-ring (bicyclic) bond motifs is 2. The molecule has 0 bridgehead atoms. The lowest BCUT2D eigenvalue weighted by molar-refractivity contribution is -0.127. The Morgan fingerprint density at radius 1 is 1.09 bits per heavy atom. The summed E-state index contributed by atoms with van der Waals surface area (Å²) in [6, 6.07) is 15.5. The van der Waals surface area contributed by atoms with Crippen LogP contribution in [0, 0.1) is 0 Å². The summed E-state index contributed by atoms with van der Waals surface area (Å²) in [5.74, 6) is 2.06. The van der Waals surface area contributed by atoms with Crippen LogP contribution in [0.25, 0.3) is 0 Å². The predicted octanol–water partition coefficient (Wildman–Crippen LogP) is 3.18. The van der Waals surface area contributed by atoms with Crippen LogP contribution < -0.4 is 4.74 Å². The molecule has 4 heteroatoms. The lowest BCUT2D eigenvalue weighted by atomic mass is 9.87. The standard InChI is InChI=1S/C18H16N2O2/c1-12-19-10-11-20(12)18(21)17-13-6-2-4-8-15(13)22-16-9-5-3-7-14(16)17/h2-9,17H,10-11H2,1H3. The molecule has 0 spiro atoms. The van der Waals surface area contributed by atoms with Crippen LogP contribution in [0.15, 0.2) is 53.5 Å². The van der Waals surface area contributed by atoms with Crippen molar-refractivity contribution < 1.29 is 9.53 Å². The Balaban J connectivity index is 1.84. The lowest BCUT2D eigenvalue weighted by Crippen LogP contribution is -2.37. The second-order valence-corrected chi connectivity index (χ2v) is 5.53. The molecule has 0 fully saturated rings. The van der Waals surface area contributed by atoms with Gasteiger partial charge in [-0.3, -0.25) is 14.7 Å². The Hall–Kier alpha value is -2.62. The summed E-state index contributed by atoms with van der Waals surface area (Å²) in [7, 11) is 0. The van der Waals surface area contributed by atoms with Gasteiger partial charge in [-0.25, -0.2) is 0 Å². The molecule has 2 heterocycles. The van der Waals surface area contributed by atoms with Crippen molar-refractivity contribution in [3.05, 3.63) is 59.7 Å².